The number of aromatic nitrogens is 8. The zero-order valence-electron chi connectivity index (χ0n) is 12.1. The third-order valence-electron chi connectivity index (χ3n) is 4.06. The maximum Gasteiger partial charge on any atom is 0.197 e. The van der Waals surface area contributed by atoms with Gasteiger partial charge in [-0.15, -0.1) is 10.2 Å². The molecule has 0 atom stereocenters. The molecule has 0 aliphatic heterocycles. The Balaban J connectivity index is 1.61. The Morgan fingerprint density at radius 3 is 2.33 bits per heavy atom. The van der Waals surface area contributed by atoms with Crippen LogP contribution in [0, 0.1) is 0 Å². The van der Waals surface area contributed by atoms with Gasteiger partial charge < -0.3 is 0 Å². The summed E-state index contributed by atoms with van der Waals surface area (Å²) in [6.45, 7) is 0. The molecule has 2 aliphatic rings. The Bertz CT molecular complexity index is 1060. The van der Waals surface area contributed by atoms with Crippen molar-refractivity contribution in [3.05, 3.63) is 52.9 Å². The van der Waals surface area contributed by atoms with Gasteiger partial charge in [-0.3, -0.25) is 4.79 Å². The molecular formula is C15H8N8O. The van der Waals surface area contributed by atoms with Crippen LogP contribution in [-0.4, -0.2) is 47.0 Å². The topological polar surface area (TPSA) is 126 Å². The van der Waals surface area contributed by atoms with Crippen molar-refractivity contribution in [3.8, 4) is 11.4 Å². The standard InChI is InChI=1S/C15H8N8O/c24-13-11(15-18-22-23-19-15)4-3-10-9-2-1-7(14-16-20-21-17-14)5-8(9)6-12(10)13/h1-6H,(H,16,17,20,21)(H,18,19,22,23). The summed E-state index contributed by atoms with van der Waals surface area (Å²) in [6.07, 6.45) is 5.51. The second kappa shape index (κ2) is 4.62. The van der Waals surface area contributed by atoms with Gasteiger partial charge >= 0.3 is 0 Å². The van der Waals surface area contributed by atoms with Crippen LogP contribution in [0.25, 0.3) is 28.6 Å². The first-order chi connectivity index (χ1) is 11.8. The minimum atomic E-state index is -0.106. The molecule has 0 saturated heterocycles. The lowest BCUT2D eigenvalue weighted by Gasteiger charge is -2.12. The van der Waals surface area contributed by atoms with Gasteiger partial charge in [-0.1, -0.05) is 18.2 Å². The number of nitrogens with zero attached hydrogens (tertiary/aromatic N) is 6. The number of aromatic amines is 2. The van der Waals surface area contributed by atoms with Crippen molar-refractivity contribution in [2.75, 3.05) is 0 Å². The number of carbonyl (C=O) groups excluding carboxylic acids is 1. The van der Waals surface area contributed by atoms with Crippen LogP contribution in [-0.2, 0) is 4.79 Å². The Morgan fingerprint density at radius 1 is 0.833 bits per heavy atom. The summed E-state index contributed by atoms with van der Waals surface area (Å²) in [4.78, 5) is 12.8. The van der Waals surface area contributed by atoms with E-state index >= 15 is 0 Å². The van der Waals surface area contributed by atoms with Crippen molar-refractivity contribution in [1.82, 2.24) is 41.2 Å². The van der Waals surface area contributed by atoms with Crippen molar-refractivity contribution in [2.24, 2.45) is 0 Å². The molecule has 0 unspecified atom stereocenters. The van der Waals surface area contributed by atoms with Gasteiger partial charge in [0, 0.05) is 11.1 Å². The number of allylic oxidation sites excluding steroid dienone is 5. The van der Waals surface area contributed by atoms with E-state index < -0.39 is 0 Å². The quantitative estimate of drug-likeness (QED) is 0.717. The second-order valence-electron chi connectivity index (χ2n) is 5.35. The molecule has 0 fully saturated rings. The highest BCUT2D eigenvalue weighted by molar-refractivity contribution is 6.38. The number of tetrazole rings is 2. The molecule has 9 nitrogen and oxygen atoms in total. The summed E-state index contributed by atoms with van der Waals surface area (Å²) in [5.41, 5.74) is 4.78. The summed E-state index contributed by atoms with van der Waals surface area (Å²) in [7, 11) is 0. The van der Waals surface area contributed by atoms with E-state index in [0.717, 1.165) is 22.3 Å². The number of fused-ring (bicyclic) bond motifs is 3. The lowest BCUT2D eigenvalue weighted by atomic mass is 9.91. The van der Waals surface area contributed by atoms with Crippen LogP contribution >= 0.6 is 0 Å². The van der Waals surface area contributed by atoms with E-state index in [0.29, 0.717) is 22.8 Å². The number of hydrogen-bond donors (Lipinski definition) is 2. The molecule has 5 rings (SSSR count). The maximum atomic E-state index is 12.8. The van der Waals surface area contributed by atoms with E-state index in [1.165, 1.54) is 0 Å². The number of rotatable bonds is 2. The molecule has 1 aromatic carbocycles. The van der Waals surface area contributed by atoms with E-state index in [-0.39, 0.29) is 5.78 Å². The summed E-state index contributed by atoms with van der Waals surface area (Å²) >= 11 is 0. The van der Waals surface area contributed by atoms with E-state index in [2.05, 4.69) is 41.2 Å². The van der Waals surface area contributed by atoms with Crippen LogP contribution in [0.15, 0.2) is 35.9 Å². The summed E-state index contributed by atoms with van der Waals surface area (Å²) in [5.74, 6) is 0.837. The molecule has 0 saturated carbocycles. The molecule has 0 bridgehead atoms. The largest absolute Gasteiger partial charge is 0.288 e. The zero-order valence-corrected chi connectivity index (χ0v) is 12.1. The van der Waals surface area contributed by atoms with Crippen LogP contribution in [0.3, 0.4) is 0 Å². The SMILES string of the molecule is O=C1C2=Cc3cc(-c4nnn[nH]4)ccc3C2=CC=C1c1nnn[nH]1. The van der Waals surface area contributed by atoms with E-state index in [4.69, 9.17) is 0 Å². The molecular weight excluding hydrogens is 308 g/mol. The smallest absolute Gasteiger partial charge is 0.197 e. The fourth-order valence-electron chi connectivity index (χ4n) is 2.95. The lowest BCUT2D eigenvalue weighted by molar-refractivity contribution is -0.110. The predicted octanol–water partition coefficient (Wildman–Crippen LogP) is 0.826. The Morgan fingerprint density at radius 2 is 1.58 bits per heavy atom. The second-order valence-corrected chi connectivity index (χ2v) is 5.35. The summed E-state index contributed by atoms with van der Waals surface area (Å²) in [5, 5.41) is 27.3. The Hall–Kier alpha value is -3.75. The highest BCUT2D eigenvalue weighted by atomic mass is 16.1. The van der Waals surface area contributed by atoms with Gasteiger partial charge in [0.1, 0.15) is 0 Å². The molecule has 2 N–H and O–H groups in total. The Labute approximate surface area is 134 Å². The van der Waals surface area contributed by atoms with E-state index in [1.54, 1.807) is 6.08 Å². The number of carbonyl (C=O) groups is 1. The van der Waals surface area contributed by atoms with Crippen molar-refractivity contribution < 1.29 is 4.79 Å². The van der Waals surface area contributed by atoms with Crippen LogP contribution in [0.5, 0.6) is 0 Å². The summed E-state index contributed by atoms with van der Waals surface area (Å²) < 4.78 is 0. The summed E-state index contributed by atoms with van der Waals surface area (Å²) in [6, 6.07) is 5.83. The van der Waals surface area contributed by atoms with Gasteiger partial charge in [0.05, 0.1) is 5.57 Å². The van der Waals surface area contributed by atoms with Gasteiger partial charge in [0.15, 0.2) is 17.4 Å². The van der Waals surface area contributed by atoms with Gasteiger partial charge in [0.2, 0.25) is 0 Å². The third kappa shape index (κ3) is 1.72. The van der Waals surface area contributed by atoms with Crippen molar-refractivity contribution >= 4 is 23.0 Å². The van der Waals surface area contributed by atoms with Crippen molar-refractivity contribution in [1.29, 1.82) is 0 Å². The number of Topliss-reactive ketones (excluding diaryl/α,β-unsaturated/α-hetero) is 1. The molecule has 2 heterocycles. The van der Waals surface area contributed by atoms with Gasteiger partial charge in [0.25, 0.3) is 0 Å². The molecule has 3 aromatic rings. The average Bonchev–Trinajstić information content (AvgIpc) is 3.35. The molecule has 114 valence electrons. The molecule has 2 aromatic heterocycles. The zero-order chi connectivity index (χ0) is 16.1. The average molecular weight is 316 g/mol. The molecule has 9 heteroatoms. The van der Waals surface area contributed by atoms with Crippen LogP contribution in [0.1, 0.15) is 17.0 Å². The number of hydrogen-bond acceptors (Lipinski definition) is 7. The predicted molar refractivity (Wildman–Crippen MR) is 82.7 cm³/mol. The first kappa shape index (κ1) is 12.8. The number of benzene rings is 1. The normalized spacial score (nSPS) is 15.5. The van der Waals surface area contributed by atoms with Gasteiger partial charge in [-0.25, -0.2) is 10.2 Å². The van der Waals surface area contributed by atoms with Gasteiger partial charge in [-0.05, 0) is 55.8 Å². The van der Waals surface area contributed by atoms with Crippen LogP contribution in [0.2, 0.25) is 0 Å². The van der Waals surface area contributed by atoms with Crippen LogP contribution in [0.4, 0.5) is 0 Å². The number of nitrogens with one attached hydrogen (secondary N) is 2. The van der Waals surface area contributed by atoms with E-state index in [9.17, 15) is 4.79 Å². The van der Waals surface area contributed by atoms with Crippen LogP contribution < -0.4 is 0 Å². The Kier molecular flexibility index (Phi) is 2.46. The highest BCUT2D eigenvalue weighted by Crippen LogP contribution is 2.41. The third-order valence-corrected chi connectivity index (χ3v) is 4.06. The molecule has 0 amide bonds. The molecule has 0 radical (unpaired) electrons. The molecule has 24 heavy (non-hydrogen) atoms. The van der Waals surface area contributed by atoms with E-state index in [1.807, 2.05) is 30.4 Å². The lowest BCUT2D eigenvalue weighted by Crippen LogP contribution is -2.09. The maximum absolute atomic E-state index is 12.8. The van der Waals surface area contributed by atoms with Crippen molar-refractivity contribution in [3.63, 3.8) is 0 Å². The monoisotopic (exact) mass is 316 g/mol. The first-order valence-electron chi connectivity index (χ1n) is 7.12. The minimum Gasteiger partial charge on any atom is -0.288 e. The van der Waals surface area contributed by atoms with Crippen molar-refractivity contribution in [2.45, 2.75) is 0 Å². The highest BCUT2D eigenvalue weighted by Gasteiger charge is 2.30. The first-order valence-corrected chi connectivity index (χ1v) is 7.12. The molecule has 0 spiro atoms. The number of ketones is 1. The molecule has 2 aliphatic carbocycles. The minimum absolute atomic E-state index is 0.106. The fraction of sp³-hybridized carbons (Fsp3) is 0. The number of H-pyrrole nitrogens is 2. The van der Waals surface area contributed by atoms with Gasteiger partial charge in [-0.2, -0.15) is 0 Å². The fourth-order valence-corrected chi connectivity index (χ4v) is 2.95.